The van der Waals surface area contributed by atoms with Crippen LogP contribution in [-0.2, 0) is 23.9 Å². The number of ether oxygens (including phenoxy) is 2. The maximum Gasteiger partial charge on any atom is 0.303 e. The maximum absolute atomic E-state index is 12.4. The molecule has 5 nitrogen and oxygen atoms in total. The second-order valence-electron chi connectivity index (χ2n) is 10.6. The van der Waals surface area contributed by atoms with Crippen molar-refractivity contribution in [3.63, 3.8) is 0 Å². The summed E-state index contributed by atoms with van der Waals surface area (Å²) in [7, 11) is 0. The SMILES string of the molecule is C/C=C1/CCC2C3C(OC(C)=O)[C@H](OC(C)=O)C4CC(=O)CC[C@]4(C)C3CC[C@]12C. The summed E-state index contributed by atoms with van der Waals surface area (Å²) >= 11 is 0. The number of carbonyl (C=O) groups is 3. The minimum absolute atomic E-state index is 0.0741. The Labute approximate surface area is 179 Å². The van der Waals surface area contributed by atoms with Crippen LogP contribution in [0.2, 0.25) is 0 Å². The van der Waals surface area contributed by atoms with Crippen LogP contribution in [0.3, 0.4) is 0 Å². The third-order valence-electron chi connectivity index (χ3n) is 9.32. The van der Waals surface area contributed by atoms with Gasteiger partial charge in [-0.3, -0.25) is 14.4 Å². The molecule has 5 heteroatoms. The standard InChI is InChI=1S/C25H36O5/c1-6-16-7-8-18-21-19(10-12-24(16,18)4)25(5)11-9-17(28)13-20(25)22(29-14(2)26)23(21)30-15(3)27/h6,18-23H,7-13H2,1-5H3/b16-6-/t18?,19?,20?,21?,22-,23?,24-,25-/m1/s1. The van der Waals surface area contributed by atoms with E-state index in [1.807, 2.05) is 0 Å². The molecule has 4 fully saturated rings. The zero-order chi connectivity index (χ0) is 21.8. The summed E-state index contributed by atoms with van der Waals surface area (Å²) in [6.45, 7) is 9.66. The van der Waals surface area contributed by atoms with Gasteiger partial charge in [0.25, 0.3) is 0 Å². The lowest BCUT2D eigenvalue weighted by Gasteiger charge is -2.63. The van der Waals surface area contributed by atoms with Crippen molar-refractivity contribution in [2.45, 2.75) is 91.8 Å². The molecule has 0 spiro atoms. The molecule has 0 aromatic rings. The zero-order valence-corrected chi connectivity index (χ0v) is 19.0. The van der Waals surface area contributed by atoms with E-state index < -0.39 is 12.2 Å². The average molecular weight is 417 g/mol. The lowest BCUT2D eigenvalue weighted by atomic mass is 9.43. The number of ketones is 1. The first-order valence-corrected chi connectivity index (χ1v) is 11.6. The highest BCUT2D eigenvalue weighted by Crippen LogP contribution is 2.67. The van der Waals surface area contributed by atoms with Gasteiger partial charge >= 0.3 is 11.9 Å². The van der Waals surface area contributed by atoms with Crippen molar-refractivity contribution in [3.8, 4) is 0 Å². The second-order valence-corrected chi connectivity index (χ2v) is 10.6. The summed E-state index contributed by atoms with van der Waals surface area (Å²) in [5, 5.41) is 0. The van der Waals surface area contributed by atoms with E-state index in [4.69, 9.17) is 9.47 Å². The molecule has 166 valence electrons. The van der Waals surface area contributed by atoms with Gasteiger partial charge in [-0.05, 0) is 61.7 Å². The molecule has 8 atom stereocenters. The summed E-state index contributed by atoms with van der Waals surface area (Å²) in [6.07, 6.45) is 7.49. The first-order valence-electron chi connectivity index (χ1n) is 11.6. The van der Waals surface area contributed by atoms with E-state index in [0.29, 0.717) is 24.7 Å². The largest absolute Gasteiger partial charge is 0.458 e. The smallest absolute Gasteiger partial charge is 0.303 e. The molecule has 4 aliphatic carbocycles. The number of hydrogen-bond donors (Lipinski definition) is 0. The topological polar surface area (TPSA) is 69.7 Å². The van der Waals surface area contributed by atoms with Gasteiger partial charge in [0.2, 0.25) is 0 Å². The molecule has 0 aromatic heterocycles. The van der Waals surface area contributed by atoms with Crippen LogP contribution in [0, 0.1) is 34.5 Å². The highest BCUT2D eigenvalue weighted by Gasteiger charge is 2.66. The number of Topliss-reactive ketones (excluding diaryl/α,β-unsaturated/α-hetero) is 1. The van der Waals surface area contributed by atoms with Crippen molar-refractivity contribution < 1.29 is 23.9 Å². The van der Waals surface area contributed by atoms with Crippen LogP contribution in [-0.4, -0.2) is 29.9 Å². The first kappa shape index (κ1) is 21.6. The molecule has 0 saturated heterocycles. The molecule has 30 heavy (non-hydrogen) atoms. The monoisotopic (exact) mass is 416 g/mol. The van der Waals surface area contributed by atoms with E-state index in [1.165, 1.54) is 19.4 Å². The van der Waals surface area contributed by atoms with Crippen LogP contribution < -0.4 is 0 Å². The summed E-state index contributed by atoms with van der Waals surface area (Å²) in [6, 6.07) is 0. The maximum atomic E-state index is 12.4. The van der Waals surface area contributed by atoms with Crippen LogP contribution in [0.4, 0.5) is 0 Å². The van der Waals surface area contributed by atoms with Gasteiger partial charge in [-0.25, -0.2) is 0 Å². The molecule has 0 aliphatic heterocycles. The van der Waals surface area contributed by atoms with Crippen LogP contribution in [0.5, 0.6) is 0 Å². The Morgan fingerprint density at radius 2 is 1.60 bits per heavy atom. The summed E-state index contributed by atoms with van der Waals surface area (Å²) in [5.74, 6) is 0.381. The third kappa shape index (κ3) is 3.15. The number of esters is 2. The van der Waals surface area contributed by atoms with E-state index in [2.05, 4.69) is 26.8 Å². The van der Waals surface area contributed by atoms with Crippen molar-refractivity contribution in [1.82, 2.24) is 0 Å². The molecule has 0 heterocycles. The predicted molar refractivity (Wildman–Crippen MR) is 112 cm³/mol. The van der Waals surface area contributed by atoms with Gasteiger partial charge in [0.1, 0.15) is 18.0 Å². The Bertz CT molecular complexity index is 784. The minimum atomic E-state index is -0.543. The Balaban J connectivity index is 1.83. The van der Waals surface area contributed by atoms with Crippen LogP contribution in [0.1, 0.15) is 79.6 Å². The highest BCUT2D eigenvalue weighted by atomic mass is 16.6. The molecule has 4 rings (SSSR count). The molecule has 0 aromatic carbocycles. The lowest BCUT2D eigenvalue weighted by Crippen LogP contribution is -2.65. The second kappa shape index (κ2) is 7.49. The number of rotatable bonds is 2. The normalized spacial score (nSPS) is 46.6. The Morgan fingerprint density at radius 3 is 2.23 bits per heavy atom. The highest BCUT2D eigenvalue weighted by molar-refractivity contribution is 5.80. The Hall–Kier alpha value is -1.65. The van der Waals surface area contributed by atoms with Crippen molar-refractivity contribution >= 4 is 17.7 Å². The summed E-state index contributed by atoms with van der Waals surface area (Å²) in [4.78, 5) is 36.7. The van der Waals surface area contributed by atoms with Crippen molar-refractivity contribution in [2.75, 3.05) is 0 Å². The van der Waals surface area contributed by atoms with Crippen LogP contribution >= 0.6 is 0 Å². The van der Waals surface area contributed by atoms with E-state index in [0.717, 1.165) is 32.1 Å². The first-order chi connectivity index (χ1) is 14.1. The van der Waals surface area contributed by atoms with Crippen molar-refractivity contribution in [2.24, 2.45) is 34.5 Å². The Morgan fingerprint density at radius 1 is 0.933 bits per heavy atom. The van der Waals surface area contributed by atoms with Gasteiger partial charge in [-0.2, -0.15) is 0 Å². The lowest BCUT2D eigenvalue weighted by molar-refractivity contribution is -0.230. The molecular weight excluding hydrogens is 380 g/mol. The number of allylic oxidation sites excluding steroid dienone is 2. The Kier molecular flexibility index (Phi) is 5.39. The fraction of sp³-hybridized carbons (Fsp3) is 0.800. The summed E-state index contributed by atoms with van der Waals surface area (Å²) in [5.41, 5.74) is 1.56. The quantitative estimate of drug-likeness (QED) is 0.485. The third-order valence-corrected chi connectivity index (χ3v) is 9.32. The molecule has 4 saturated carbocycles. The van der Waals surface area contributed by atoms with Gasteiger partial charge in [-0.15, -0.1) is 0 Å². The fourth-order valence-electron chi connectivity index (χ4n) is 8.00. The molecule has 4 aliphatic rings. The average Bonchev–Trinajstić information content (AvgIpc) is 3.01. The fourth-order valence-corrected chi connectivity index (χ4v) is 8.00. The van der Waals surface area contributed by atoms with E-state index >= 15 is 0 Å². The van der Waals surface area contributed by atoms with Crippen LogP contribution in [0.15, 0.2) is 11.6 Å². The number of carbonyl (C=O) groups excluding carboxylic acids is 3. The van der Waals surface area contributed by atoms with Crippen molar-refractivity contribution in [3.05, 3.63) is 11.6 Å². The van der Waals surface area contributed by atoms with Crippen molar-refractivity contribution in [1.29, 1.82) is 0 Å². The van der Waals surface area contributed by atoms with Gasteiger partial charge in [0, 0.05) is 38.5 Å². The molecule has 0 amide bonds. The molecule has 0 N–H and O–H groups in total. The molecule has 0 bridgehead atoms. The van der Waals surface area contributed by atoms with Gasteiger partial charge < -0.3 is 9.47 Å². The molecule has 5 unspecified atom stereocenters. The molecular formula is C25H36O5. The van der Waals surface area contributed by atoms with Crippen LogP contribution in [0.25, 0.3) is 0 Å². The van der Waals surface area contributed by atoms with Gasteiger partial charge in [-0.1, -0.05) is 25.5 Å². The van der Waals surface area contributed by atoms with E-state index in [-0.39, 0.29) is 40.4 Å². The van der Waals surface area contributed by atoms with E-state index in [9.17, 15) is 14.4 Å². The van der Waals surface area contributed by atoms with Gasteiger partial charge in [0.05, 0.1) is 0 Å². The van der Waals surface area contributed by atoms with Gasteiger partial charge in [0.15, 0.2) is 0 Å². The minimum Gasteiger partial charge on any atom is -0.458 e. The predicted octanol–water partition coefficient (Wildman–Crippen LogP) is 4.63. The number of hydrogen-bond acceptors (Lipinski definition) is 5. The van der Waals surface area contributed by atoms with E-state index in [1.54, 1.807) is 0 Å². The zero-order valence-electron chi connectivity index (χ0n) is 19.0. The summed E-state index contributed by atoms with van der Waals surface area (Å²) < 4.78 is 11.9. The number of fused-ring (bicyclic) bond motifs is 5. The molecule has 0 radical (unpaired) electrons.